The molecule has 0 atom stereocenters. The molecule has 2 heterocycles. The summed E-state index contributed by atoms with van der Waals surface area (Å²) in [7, 11) is 1.26. The van der Waals surface area contributed by atoms with Gasteiger partial charge in [-0.25, -0.2) is 19.6 Å². The van der Waals surface area contributed by atoms with Crippen LogP contribution in [0.2, 0.25) is 0 Å². The van der Waals surface area contributed by atoms with Gasteiger partial charge in [0.25, 0.3) is 0 Å². The number of aryl methyl sites for hydroxylation is 2. The maximum atomic E-state index is 12.5. The van der Waals surface area contributed by atoms with Crippen LogP contribution in [-0.4, -0.2) is 106 Å². The van der Waals surface area contributed by atoms with Crippen LogP contribution in [0.5, 0.6) is 0 Å². The number of amides is 4. The summed E-state index contributed by atoms with van der Waals surface area (Å²) in [5.41, 5.74) is 0.704. The molecule has 0 unspecified atom stereocenters. The van der Waals surface area contributed by atoms with Crippen LogP contribution >= 0.6 is 0 Å². The molecule has 2 aromatic rings. The Hall–Kier alpha value is -4.76. The van der Waals surface area contributed by atoms with Gasteiger partial charge in [0, 0.05) is 38.3 Å². The molecule has 0 saturated carbocycles. The van der Waals surface area contributed by atoms with Crippen LogP contribution in [0.4, 0.5) is 21.2 Å². The number of unbranched alkanes of at least 4 members (excludes halogenated alkanes) is 2. The van der Waals surface area contributed by atoms with Crippen LogP contribution in [0.3, 0.4) is 0 Å². The number of carbonyl (C=O) groups is 6. The van der Waals surface area contributed by atoms with Gasteiger partial charge in [-0.3, -0.25) is 29.0 Å². The second-order valence-electron chi connectivity index (χ2n) is 14.1. The Balaban J connectivity index is -0.000000953. The first-order valence-corrected chi connectivity index (χ1v) is 17.4. The van der Waals surface area contributed by atoms with Crippen molar-refractivity contribution in [3.05, 3.63) is 47.8 Å². The molecular weight excluding hydrogens is 727 g/mol. The Morgan fingerprint density at radius 2 is 1.07 bits per heavy atom. The van der Waals surface area contributed by atoms with Gasteiger partial charge < -0.3 is 40.9 Å². The number of nitrogens with zero attached hydrogens (tertiary/aromatic N) is 4. The summed E-state index contributed by atoms with van der Waals surface area (Å²) in [5.74, 6) is -1.14. The Kier molecular flexibility index (Phi) is 27.5. The molecule has 0 spiro atoms. The van der Waals surface area contributed by atoms with E-state index in [4.69, 9.17) is 14.6 Å². The molecule has 0 fully saturated rings. The number of nitrogens with one attached hydrogen (secondary N) is 2. The van der Waals surface area contributed by atoms with Gasteiger partial charge in [-0.15, -0.1) is 0 Å². The summed E-state index contributed by atoms with van der Waals surface area (Å²) in [5, 5.41) is 13.3. The number of carboxylic acids is 1. The minimum atomic E-state index is -1.08. The summed E-state index contributed by atoms with van der Waals surface area (Å²) in [6.45, 7) is 14.8. The molecule has 6 N–H and O–H groups in total. The van der Waals surface area contributed by atoms with Gasteiger partial charge in [-0.05, 0) is 116 Å². The van der Waals surface area contributed by atoms with Gasteiger partial charge >= 0.3 is 43.0 Å². The molecule has 0 aliphatic rings. The molecule has 0 aliphatic heterocycles. The minimum Gasteiger partial charge on any atom is -0.870 e. The van der Waals surface area contributed by atoms with Crippen molar-refractivity contribution in [3.63, 3.8) is 0 Å². The normalized spacial score (nSPS) is 10.3. The smallest absolute Gasteiger partial charge is 0.870 e. The Labute approximate surface area is 341 Å². The minimum absolute atomic E-state index is 0. The summed E-state index contributed by atoms with van der Waals surface area (Å²) < 4.78 is 15.4. The number of rotatable bonds is 16. The van der Waals surface area contributed by atoms with Crippen LogP contribution in [0.15, 0.2) is 36.7 Å². The standard InChI is InChI=1S/C19H29N3O5.C18H27N3O5.Li.2H2O/c1-14-9-10-20-15(12-14)22(18(25)27-19(2,3)4)11-7-6-8-16(23)21-13-17(24)26-5;1-13-8-9-19-14(11-13)21(17(25)26-18(2,3)4)10-6-5-7-15(22)20-12-16(23)24;;;/h9-10,12H,6-8,11,13H2,1-5H3,(H,21,23);8-9,11H,5-7,10,12H2,1-4H3,(H,20,22)(H,23,24);;2*1H2/q;;+1;;/p-1. The number of hydrogen-bond acceptors (Lipinski definition) is 12. The van der Waals surface area contributed by atoms with Crippen molar-refractivity contribution in [1.29, 1.82) is 0 Å². The quantitative estimate of drug-likeness (QED) is 0.0932. The number of anilines is 2. The number of carboxylic acid groups (broad SMARTS) is 1. The Morgan fingerprint density at radius 3 is 1.39 bits per heavy atom. The summed E-state index contributed by atoms with van der Waals surface area (Å²) in [6.07, 6.45) is 4.94. The summed E-state index contributed by atoms with van der Waals surface area (Å²) in [4.78, 5) is 81.1. The number of methoxy groups -OCH3 is 1. The zero-order valence-corrected chi connectivity index (χ0v) is 34.4. The largest absolute Gasteiger partial charge is 1.00 e. The van der Waals surface area contributed by atoms with Crippen LogP contribution < -0.4 is 39.3 Å². The number of aromatic nitrogens is 2. The fourth-order valence-corrected chi connectivity index (χ4v) is 4.27. The average molecular weight is 787 g/mol. The monoisotopic (exact) mass is 786 g/mol. The molecular formula is C37H59LiN6O12. The molecule has 0 bridgehead atoms. The predicted octanol–water partition coefficient (Wildman–Crippen LogP) is 1.10. The van der Waals surface area contributed by atoms with Crippen LogP contribution in [-0.2, 0) is 33.4 Å². The molecule has 0 aromatic carbocycles. The molecule has 19 heteroatoms. The van der Waals surface area contributed by atoms with E-state index < -0.39 is 41.9 Å². The van der Waals surface area contributed by atoms with Crippen molar-refractivity contribution >= 4 is 47.6 Å². The molecule has 0 radical (unpaired) electrons. The van der Waals surface area contributed by atoms with Crippen molar-refractivity contribution in [3.8, 4) is 0 Å². The maximum Gasteiger partial charge on any atom is 1.00 e. The van der Waals surface area contributed by atoms with Crippen LogP contribution in [0.1, 0.15) is 91.2 Å². The van der Waals surface area contributed by atoms with Crippen molar-refractivity contribution in [2.75, 3.05) is 43.1 Å². The second-order valence-corrected chi connectivity index (χ2v) is 14.1. The summed E-state index contributed by atoms with van der Waals surface area (Å²) >= 11 is 0. The molecule has 18 nitrogen and oxygen atoms in total. The van der Waals surface area contributed by atoms with Crippen LogP contribution in [0.25, 0.3) is 0 Å². The van der Waals surface area contributed by atoms with E-state index in [-0.39, 0.29) is 61.0 Å². The van der Waals surface area contributed by atoms with Gasteiger partial charge in [0.1, 0.15) is 35.9 Å². The molecule has 56 heavy (non-hydrogen) atoms. The SMILES string of the molecule is COC(=O)CNC(=O)CCCCN(C(=O)OC(C)(C)C)c1cc(C)ccn1.Cc1ccnc(N(CCCCC(=O)NCC(=O)O)C(=O)OC(C)(C)C)c1.O.[Li+].[OH-]. The molecule has 0 saturated heterocycles. The summed E-state index contributed by atoms with van der Waals surface area (Å²) in [6, 6.07) is 7.29. The predicted molar refractivity (Wildman–Crippen MR) is 204 cm³/mol. The van der Waals surface area contributed by atoms with Crippen molar-refractivity contribution in [2.24, 2.45) is 0 Å². The molecule has 2 aromatic heterocycles. The number of ether oxygens (including phenoxy) is 3. The third-order valence-electron chi connectivity index (χ3n) is 6.75. The van der Waals surface area contributed by atoms with Crippen molar-refractivity contribution < 1.29 is 77.9 Å². The number of carbonyl (C=O) groups excluding carboxylic acids is 5. The van der Waals surface area contributed by atoms with Crippen molar-refractivity contribution in [1.82, 2.24) is 20.6 Å². The third kappa shape index (κ3) is 25.3. The molecule has 4 amide bonds. The topological polar surface area (TPSA) is 268 Å². The van der Waals surface area contributed by atoms with Gasteiger partial charge in [0.05, 0.1) is 7.11 Å². The van der Waals surface area contributed by atoms with E-state index in [9.17, 15) is 28.8 Å². The first-order chi connectivity index (χ1) is 24.7. The Morgan fingerprint density at radius 1 is 0.696 bits per heavy atom. The Bertz CT molecular complexity index is 1530. The fourth-order valence-electron chi connectivity index (χ4n) is 4.27. The second kappa shape index (κ2) is 27.8. The maximum absolute atomic E-state index is 12.5. The third-order valence-corrected chi connectivity index (χ3v) is 6.75. The zero-order chi connectivity index (χ0) is 40.2. The number of aliphatic carboxylic acids is 1. The average Bonchev–Trinajstić information content (AvgIpc) is 3.04. The first-order valence-electron chi connectivity index (χ1n) is 17.4. The van der Waals surface area contributed by atoms with E-state index in [0.717, 1.165) is 11.1 Å². The molecule has 0 aliphatic carbocycles. The first kappa shape index (κ1) is 55.6. The van der Waals surface area contributed by atoms with E-state index in [0.29, 0.717) is 50.4 Å². The van der Waals surface area contributed by atoms with E-state index in [1.54, 1.807) is 60.0 Å². The van der Waals surface area contributed by atoms with Crippen LogP contribution in [0, 0.1) is 13.8 Å². The van der Waals surface area contributed by atoms with Gasteiger partial charge in [0.2, 0.25) is 11.8 Å². The van der Waals surface area contributed by atoms with E-state index >= 15 is 0 Å². The van der Waals surface area contributed by atoms with Gasteiger partial charge in [-0.1, -0.05) is 0 Å². The van der Waals surface area contributed by atoms with Gasteiger partial charge in [0.15, 0.2) is 0 Å². The number of hydrogen-bond donors (Lipinski definition) is 3. The number of pyridine rings is 2. The molecule has 310 valence electrons. The number of esters is 1. The molecule has 2 rings (SSSR count). The van der Waals surface area contributed by atoms with E-state index in [1.165, 1.54) is 16.9 Å². The van der Waals surface area contributed by atoms with Crippen molar-refractivity contribution in [2.45, 2.75) is 105 Å². The fraction of sp³-hybridized carbons (Fsp3) is 0.568. The zero-order valence-electron chi connectivity index (χ0n) is 34.4. The van der Waals surface area contributed by atoms with E-state index in [1.807, 2.05) is 32.0 Å². The van der Waals surface area contributed by atoms with E-state index in [2.05, 4.69) is 25.3 Å². The van der Waals surface area contributed by atoms with Gasteiger partial charge in [-0.2, -0.15) is 0 Å².